The largest absolute Gasteiger partial charge is 0.496 e. The van der Waals surface area contributed by atoms with E-state index in [0.717, 1.165) is 18.6 Å². The zero-order valence-corrected chi connectivity index (χ0v) is 10.8. The van der Waals surface area contributed by atoms with Gasteiger partial charge in [0.05, 0.1) is 7.11 Å². The Kier molecular flexibility index (Phi) is 4.36. The fourth-order valence-electron chi connectivity index (χ4n) is 1.94. The van der Waals surface area contributed by atoms with Gasteiger partial charge in [0.15, 0.2) is 0 Å². The Labute approximate surface area is 98.8 Å². The summed E-state index contributed by atoms with van der Waals surface area (Å²) in [5.41, 5.74) is 7.49. The lowest BCUT2D eigenvalue weighted by molar-refractivity contribution is 0.291. The molecule has 0 bridgehead atoms. The van der Waals surface area contributed by atoms with Crippen molar-refractivity contribution in [2.75, 3.05) is 7.11 Å². The summed E-state index contributed by atoms with van der Waals surface area (Å²) in [5.74, 6) is 1.40. The number of hydrogen-bond acceptors (Lipinski definition) is 2. The maximum atomic E-state index is 6.44. The highest BCUT2D eigenvalue weighted by Crippen LogP contribution is 2.27. The topological polar surface area (TPSA) is 35.2 Å². The normalized spacial score (nSPS) is 14.9. The minimum absolute atomic E-state index is 0.144. The van der Waals surface area contributed by atoms with Crippen molar-refractivity contribution >= 4 is 0 Å². The summed E-state index contributed by atoms with van der Waals surface area (Å²) < 4.78 is 5.36. The van der Waals surface area contributed by atoms with Gasteiger partial charge >= 0.3 is 0 Å². The molecule has 0 saturated heterocycles. The van der Waals surface area contributed by atoms with Gasteiger partial charge in [0.1, 0.15) is 5.75 Å². The van der Waals surface area contributed by atoms with Crippen LogP contribution >= 0.6 is 0 Å². The molecular weight excluding hydrogens is 198 g/mol. The van der Waals surface area contributed by atoms with Crippen molar-refractivity contribution < 1.29 is 4.74 Å². The Bertz CT molecular complexity index is 335. The highest BCUT2D eigenvalue weighted by molar-refractivity contribution is 5.34. The number of para-hydroxylation sites is 1. The average molecular weight is 221 g/mol. The summed E-state index contributed by atoms with van der Waals surface area (Å²) in [6.45, 7) is 6.51. The molecule has 1 aromatic carbocycles. The van der Waals surface area contributed by atoms with Crippen LogP contribution < -0.4 is 10.5 Å². The SMILES string of the molecule is CCC(N)(Cc1ccccc1OC)C(C)C. The molecule has 1 rings (SSSR count). The van der Waals surface area contributed by atoms with Gasteiger partial charge in [-0.1, -0.05) is 39.0 Å². The number of benzene rings is 1. The number of nitrogens with two attached hydrogens (primary N) is 1. The van der Waals surface area contributed by atoms with Gasteiger partial charge in [-0.05, 0) is 30.4 Å². The average Bonchev–Trinajstić information content (AvgIpc) is 2.29. The van der Waals surface area contributed by atoms with Gasteiger partial charge in [-0.25, -0.2) is 0 Å². The summed E-state index contributed by atoms with van der Waals surface area (Å²) in [6.07, 6.45) is 1.84. The summed E-state index contributed by atoms with van der Waals surface area (Å²) in [4.78, 5) is 0. The minimum atomic E-state index is -0.144. The molecule has 0 aliphatic rings. The van der Waals surface area contributed by atoms with Crippen molar-refractivity contribution in [3.05, 3.63) is 29.8 Å². The lowest BCUT2D eigenvalue weighted by Gasteiger charge is -2.33. The molecule has 2 heteroatoms. The number of hydrogen-bond donors (Lipinski definition) is 1. The third kappa shape index (κ3) is 2.76. The molecule has 0 aliphatic heterocycles. The predicted octanol–water partition coefficient (Wildman–Crippen LogP) is 3.00. The van der Waals surface area contributed by atoms with E-state index in [1.807, 2.05) is 18.2 Å². The van der Waals surface area contributed by atoms with Crippen LogP contribution in [0.15, 0.2) is 24.3 Å². The second-order valence-corrected chi connectivity index (χ2v) is 4.73. The molecular formula is C14H23NO. The van der Waals surface area contributed by atoms with Crippen LogP contribution in [-0.2, 0) is 6.42 Å². The Morgan fingerprint density at radius 1 is 1.31 bits per heavy atom. The smallest absolute Gasteiger partial charge is 0.122 e. The van der Waals surface area contributed by atoms with E-state index in [1.54, 1.807) is 7.11 Å². The van der Waals surface area contributed by atoms with Crippen LogP contribution in [0.1, 0.15) is 32.8 Å². The third-order valence-corrected chi connectivity index (χ3v) is 3.52. The summed E-state index contributed by atoms with van der Waals surface area (Å²) in [7, 11) is 1.71. The Morgan fingerprint density at radius 3 is 2.44 bits per heavy atom. The van der Waals surface area contributed by atoms with Crippen molar-refractivity contribution in [3.8, 4) is 5.75 Å². The lowest BCUT2D eigenvalue weighted by Crippen LogP contribution is -2.46. The van der Waals surface area contributed by atoms with E-state index in [4.69, 9.17) is 10.5 Å². The Morgan fingerprint density at radius 2 is 1.94 bits per heavy atom. The van der Waals surface area contributed by atoms with Gasteiger partial charge in [0.2, 0.25) is 0 Å². The molecule has 90 valence electrons. The molecule has 0 aromatic heterocycles. The molecule has 1 unspecified atom stereocenters. The van der Waals surface area contributed by atoms with Crippen molar-refractivity contribution in [2.24, 2.45) is 11.7 Å². The molecule has 1 aromatic rings. The first-order chi connectivity index (χ1) is 7.53. The monoisotopic (exact) mass is 221 g/mol. The molecule has 2 nitrogen and oxygen atoms in total. The molecule has 0 heterocycles. The summed E-state index contributed by atoms with van der Waals surface area (Å²) >= 11 is 0. The highest BCUT2D eigenvalue weighted by atomic mass is 16.5. The van der Waals surface area contributed by atoms with Crippen LogP contribution in [0.4, 0.5) is 0 Å². The quantitative estimate of drug-likeness (QED) is 0.829. The number of rotatable bonds is 5. The Hall–Kier alpha value is -1.02. The molecule has 0 spiro atoms. The van der Waals surface area contributed by atoms with Gasteiger partial charge in [0.25, 0.3) is 0 Å². The number of ether oxygens (including phenoxy) is 1. The first-order valence-electron chi connectivity index (χ1n) is 5.94. The summed E-state index contributed by atoms with van der Waals surface area (Å²) in [6, 6.07) is 8.11. The third-order valence-electron chi connectivity index (χ3n) is 3.52. The predicted molar refractivity (Wildman–Crippen MR) is 68.7 cm³/mol. The van der Waals surface area contributed by atoms with Crippen molar-refractivity contribution in [3.63, 3.8) is 0 Å². The molecule has 16 heavy (non-hydrogen) atoms. The van der Waals surface area contributed by atoms with Crippen LogP contribution in [0, 0.1) is 5.92 Å². The van der Waals surface area contributed by atoms with E-state index in [1.165, 1.54) is 5.56 Å². The van der Waals surface area contributed by atoms with Gasteiger partial charge in [-0.3, -0.25) is 0 Å². The van der Waals surface area contributed by atoms with Crippen LogP contribution in [0.3, 0.4) is 0 Å². The van der Waals surface area contributed by atoms with E-state index in [-0.39, 0.29) is 5.54 Å². The zero-order valence-electron chi connectivity index (χ0n) is 10.8. The van der Waals surface area contributed by atoms with Crippen molar-refractivity contribution in [1.82, 2.24) is 0 Å². The van der Waals surface area contributed by atoms with E-state index in [9.17, 15) is 0 Å². The highest BCUT2D eigenvalue weighted by Gasteiger charge is 2.28. The Balaban J connectivity index is 2.94. The summed E-state index contributed by atoms with van der Waals surface area (Å²) in [5, 5.41) is 0. The second kappa shape index (κ2) is 5.35. The van der Waals surface area contributed by atoms with Crippen LogP contribution in [0.25, 0.3) is 0 Å². The minimum Gasteiger partial charge on any atom is -0.496 e. The molecule has 0 fully saturated rings. The maximum Gasteiger partial charge on any atom is 0.122 e. The fourth-order valence-corrected chi connectivity index (χ4v) is 1.94. The standard InChI is InChI=1S/C14H23NO/c1-5-14(15,11(2)3)10-12-8-6-7-9-13(12)16-4/h6-9,11H,5,10,15H2,1-4H3. The van der Waals surface area contributed by atoms with Gasteiger partial charge in [0, 0.05) is 5.54 Å². The molecule has 0 saturated carbocycles. The first-order valence-corrected chi connectivity index (χ1v) is 5.94. The molecule has 1 atom stereocenters. The van der Waals surface area contributed by atoms with E-state index >= 15 is 0 Å². The molecule has 0 radical (unpaired) electrons. The second-order valence-electron chi connectivity index (χ2n) is 4.73. The van der Waals surface area contributed by atoms with Crippen LogP contribution in [-0.4, -0.2) is 12.6 Å². The molecule has 0 aliphatic carbocycles. The van der Waals surface area contributed by atoms with Crippen molar-refractivity contribution in [1.29, 1.82) is 0 Å². The molecule has 2 N–H and O–H groups in total. The number of methoxy groups -OCH3 is 1. The van der Waals surface area contributed by atoms with Gasteiger partial charge in [-0.15, -0.1) is 0 Å². The first kappa shape index (κ1) is 13.0. The van der Waals surface area contributed by atoms with Gasteiger partial charge in [-0.2, -0.15) is 0 Å². The fraction of sp³-hybridized carbons (Fsp3) is 0.571. The van der Waals surface area contributed by atoms with E-state index < -0.39 is 0 Å². The molecule has 0 amide bonds. The van der Waals surface area contributed by atoms with E-state index in [0.29, 0.717) is 5.92 Å². The van der Waals surface area contributed by atoms with E-state index in [2.05, 4.69) is 26.8 Å². The van der Waals surface area contributed by atoms with Gasteiger partial charge < -0.3 is 10.5 Å². The van der Waals surface area contributed by atoms with Crippen molar-refractivity contribution in [2.45, 2.75) is 39.2 Å². The zero-order chi connectivity index (χ0) is 12.2. The van der Waals surface area contributed by atoms with Crippen LogP contribution in [0.5, 0.6) is 5.75 Å². The van der Waals surface area contributed by atoms with Crippen LogP contribution in [0.2, 0.25) is 0 Å². The lowest BCUT2D eigenvalue weighted by atomic mass is 9.79. The maximum absolute atomic E-state index is 6.44.